The molecule has 0 atom stereocenters. The van der Waals surface area contributed by atoms with E-state index in [-0.39, 0.29) is 10.7 Å². The molecule has 0 aliphatic heterocycles. The van der Waals surface area contributed by atoms with E-state index in [4.69, 9.17) is 23.2 Å². The molecule has 0 rings (SSSR count). The Morgan fingerprint density at radius 3 is 2.33 bits per heavy atom. The Morgan fingerprint density at radius 1 is 1.33 bits per heavy atom. The Hall–Kier alpha value is 0.250. The number of carbonyl (C=O) groups is 1. The molecule has 0 amide bonds. The number of hydrogen-bond acceptors (Lipinski definition) is 1. The Bertz CT molecular complexity index is 143. The van der Waals surface area contributed by atoms with Crippen molar-refractivity contribution in [2.75, 3.05) is 5.88 Å². The summed E-state index contributed by atoms with van der Waals surface area (Å²) in [6.45, 7) is 4.11. The SMILES string of the molecule is CC(C)(CCCCCl)CC(=O)Cl. The normalized spacial score (nSPS) is 11.7. The fraction of sp³-hybridized carbons (Fsp3) is 0.889. The van der Waals surface area contributed by atoms with Gasteiger partial charge in [-0.1, -0.05) is 20.3 Å². The lowest BCUT2D eigenvalue weighted by Crippen LogP contribution is -2.14. The van der Waals surface area contributed by atoms with Gasteiger partial charge in [-0.05, 0) is 29.9 Å². The maximum Gasteiger partial charge on any atom is 0.222 e. The summed E-state index contributed by atoms with van der Waals surface area (Å²) < 4.78 is 0. The molecular formula is C9H16Cl2O. The van der Waals surface area contributed by atoms with Crippen molar-refractivity contribution in [3.05, 3.63) is 0 Å². The summed E-state index contributed by atoms with van der Waals surface area (Å²) in [5, 5.41) is -0.245. The molecule has 3 heteroatoms. The molecule has 0 bridgehead atoms. The summed E-state index contributed by atoms with van der Waals surface area (Å²) in [7, 11) is 0. The Morgan fingerprint density at radius 2 is 1.92 bits per heavy atom. The molecule has 0 saturated heterocycles. The van der Waals surface area contributed by atoms with E-state index in [0.29, 0.717) is 12.3 Å². The summed E-state index contributed by atoms with van der Waals surface area (Å²) >= 11 is 10.9. The summed E-state index contributed by atoms with van der Waals surface area (Å²) in [5.41, 5.74) is 0.0326. The third-order valence-electron chi connectivity index (χ3n) is 1.85. The standard InChI is InChI=1S/C9H16Cl2O/c1-9(2,7-8(11)12)5-3-4-6-10/h3-7H2,1-2H3. The average molecular weight is 211 g/mol. The van der Waals surface area contributed by atoms with Crippen LogP contribution < -0.4 is 0 Å². The highest BCUT2D eigenvalue weighted by Crippen LogP contribution is 2.28. The van der Waals surface area contributed by atoms with Gasteiger partial charge in [-0.3, -0.25) is 4.79 Å². The number of carbonyl (C=O) groups excluding carboxylic acids is 1. The largest absolute Gasteiger partial charge is 0.281 e. The smallest absolute Gasteiger partial charge is 0.222 e. The molecule has 12 heavy (non-hydrogen) atoms. The minimum atomic E-state index is -0.245. The van der Waals surface area contributed by atoms with Gasteiger partial charge in [0, 0.05) is 12.3 Å². The van der Waals surface area contributed by atoms with Crippen LogP contribution in [0.25, 0.3) is 0 Å². The van der Waals surface area contributed by atoms with Crippen molar-refractivity contribution in [2.45, 2.75) is 39.5 Å². The first-order valence-corrected chi connectivity index (χ1v) is 5.13. The van der Waals surface area contributed by atoms with E-state index in [0.717, 1.165) is 19.3 Å². The lowest BCUT2D eigenvalue weighted by molar-refractivity contribution is -0.113. The number of halogens is 2. The molecule has 0 heterocycles. The first-order chi connectivity index (χ1) is 5.48. The van der Waals surface area contributed by atoms with E-state index in [9.17, 15) is 4.79 Å². The van der Waals surface area contributed by atoms with Gasteiger partial charge in [0.2, 0.25) is 5.24 Å². The van der Waals surface area contributed by atoms with Gasteiger partial charge in [-0.15, -0.1) is 11.6 Å². The van der Waals surface area contributed by atoms with Crippen LogP contribution in [0.15, 0.2) is 0 Å². The summed E-state index contributed by atoms with van der Waals surface area (Å²) in [6, 6.07) is 0. The zero-order valence-corrected chi connectivity index (χ0v) is 9.21. The van der Waals surface area contributed by atoms with Crippen LogP contribution in [0.2, 0.25) is 0 Å². The summed E-state index contributed by atoms with van der Waals surface area (Å²) in [6.07, 6.45) is 3.55. The van der Waals surface area contributed by atoms with Gasteiger partial charge in [-0.2, -0.15) is 0 Å². The van der Waals surface area contributed by atoms with Crippen LogP contribution in [-0.2, 0) is 4.79 Å². The van der Waals surface area contributed by atoms with Crippen LogP contribution in [0.4, 0.5) is 0 Å². The van der Waals surface area contributed by atoms with Gasteiger partial charge in [0.05, 0.1) is 0 Å². The molecule has 0 aliphatic rings. The van der Waals surface area contributed by atoms with Crippen molar-refractivity contribution >= 4 is 28.4 Å². The predicted molar refractivity (Wildman–Crippen MR) is 53.8 cm³/mol. The van der Waals surface area contributed by atoms with Crippen LogP contribution in [0, 0.1) is 5.41 Å². The monoisotopic (exact) mass is 210 g/mol. The zero-order chi connectivity index (χ0) is 9.61. The molecule has 0 aromatic carbocycles. The van der Waals surface area contributed by atoms with Crippen molar-refractivity contribution in [3.63, 3.8) is 0 Å². The highest BCUT2D eigenvalue weighted by Gasteiger charge is 2.19. The quantitative estimate of drug-likeness (QED) is 0.373. The van der Waals surface area contributed by atoms with E-state index < -0.39 is 0 Å². The zero-order valence-electron chi connectivity index (χ0n) is 7.70. The fourth-order valence-corrected chi connectivity index (χ4v) is 1.71. The molecule has 0 unspecified atom stereocenters. The molecule has 0 N–H and O–H groups in total. The molecule has 0 aromatic heterocycles. The third-order valence-corrected chi connectivity index (χ3v) is 2.26. The van der Waals surface area contributed by atoms with Crippen molar-refractivity contribution in [1.82, 2.24) is 0 Å². The molecule has 0 aromatic rings. The van der Waals surface area contributed by atoms with E-state index in [1.807, 2.05) is 0 Å². The molecule has 0 radical (unpaired) electrons. The second kappa shape index (κ2) is 5.82. The lowest BCUT2D eigenvalue weighted by atomic mass is 9.84. The first-order valence-electron chi connectivity index (χ1n) is 4.22. The fourth-order valence-electron chi connectivity index (χ4n) is 1.16. The van der Waals surface area contributed by atoms with E-state index in [1.54, 1.807) is 0 Å². The predicted octanol–water partition coefficient (Wildman–Crippen LogP) is 3.58. The topological polar surface area (TPSA) is 17.1 Å². The third kappa shape index (κ3) is 6.93. The maximum atomic E-state index is 10.6. The van der Waals surface area contributed by atoms with Gasteiger partial charge < -0.3 is 0 Å². The van der Waals surface area contributed by atoms with Crippen LogP contribution >= 0.6 is 23.2 Å². The van der Waals surface area contributed by atoms with Gasteiger partial charge in [0.1, 0.15) is 0 Å². The van der Waals surface area contributed by atoms with Crippen molar-refractivity contribution < 1.29 is 4.79 Å². The molecule has 1 nitrogen and oxygen atoms in total. The minimum Gasteiger partial charge on any atom is -0.281 e. The molecule has 0 saturated carbocycles. The van der Waals surface area contributed by atoms with Crippen molar-refractivity contribution in [3.8, 4) is 0 Å². The minimum absolute atomic E-state index is 0.0326. The van der Waals surface area contributed by atoms with Gasteiger partial charge in [-0.25, -0.2) is 0 Å². The number of rotatable bonds is 6. The lowest BCUT2D eigenvalue weighted by Gasteiger charge is -2.21. The van der Waals surface area contributed by atoms with Crippen molar-refractivity contribution in [1.29, 1.82) is 0 Å². The molecule has 0 aliphatic carbocycles. The van der Waals surface area contributed by atoms with Crippen molar-refractivity contribution in [2.24, 2.45) is 5.41 Å². The Labute approximate surface area is 84.4 Å². The first kappa shape index (κ1) is 12.2. The summed E-state index contributed by atoms with van der Waals surface area (Å²) in [5.74, 6) is 0.699. The maximum absolute atomic E-state index is 10.6. The highest BCUT2D eigenvalue weighted by atomic mass is 35.5. The number of alkyl halides is 1. The molecule has 72 valence electrons. The highest BCUT2D eigenvalue weighted by molar-refractivity contribution is 6.63. The van der Waals surface area contributed by atoms with Crippen LogP contribution in [0.3, 0.4) is 0 Å². The van der Waals surface area contributed by atoms with E-state index in [1.165, 1.54) is 0 Å². The molecular weight excluding hydrogens is 195 g/mol. The van der Waals surface area contributed by atoms with E-state index >= 15 is 0 Å². The summed E-state index contributed by atoms with van der Waals surface area (Å²) in [4.78, 5) is 10.6. The number of hydrogen-bond donors (Lipinski definition) is 0. The van der Waals surface area contributed by atoms with Gasteiger partial charge in [0.15, 0.2) is 0 Å². The van der Waals surface area contributed by atoms with E-state index in [2.05, 4.69) is 13.8 Å². The molecule has 0 fully saturated rings. The Balaban J connectivity index is 3.63. The van der Waals surface area contributed by atoms with Crippen LogP contribution in [0.1, 0.15) is 39.5 Å². The average Bonchev–Trinajstić information content (AvgIpc) is 1.84. The second-order valence-corrected chi connectivity index (χ2v) is 4.64. The molecule has 0 spiro atoms. The second-order valence-electron chi connectivity index (χ2n) is 3.84. The van der Waals surface area contributed by atoms with Crippen LogP contribution in [0.5, 0.6) is 0 Å². The van der Waals surface area contributed by atoms with Crippen LogP contribution in [-0.4, -0.2) is 11.1 Å². The Kier molecular flexibility index (Phi) is 5.94. The van der Waals surface area contributed by atoms with Gasteiger partial charge >= 0.3 is 0 Å². The van der Waals surface area contributed by atoms with Gasteiger partial charge in [0.25, 0.3) is 0 Å². The number of unbranched alkanes of at least 4 members (excludes halogenated alkanes) is 1.